The van der Waals surface area contributed by atoms with Gasteiger partial charge in [0, 0.05) is 5.38 Å². The van der Waals surface area contributed by atoms with E-state index >= 15 is 0 Å². The van der Waals surface area contributed by atoms with E-state index < -0.39 is 24.0 Å². The quantitative estimate of drug-likeness (QED) is 0.728. The van der Waals surface area contributed by atoms with E-state index in [2.05, 4.69) is 20.4 Å². The highest BCUT2D eigenvalue weighted by atomic mass is 32.1. The first-order valence-corrected chi connectivity index (χ1v) is 8.00. The lowest BCUT2D eigenvalue weighted by Crippen LogP contribution is -2.47. The molecule has 23 heavy (non-hydrogen) atoms. The standard InChI is InChI=1S/C14H21N3O5S/c1-5-22-14(20)16-11(8(2)3)12(19)17-13-15-9(7-23-13)6-10(18)21-4/h7-8,11H,5-6H2,1-4H3,(H,16,20)(H,15,17,19)/t11-/m1/s1. The smallest absolute Gasteiger partial charge is 0.407 e. The van der Waals surface area contributed by atoms with Crippen LogP contribution in [0.5, 0.6) is 0 Å². The highest BCUT2D eigenvalue weighted by molar-refractivity contribution is 7.13. The van der Waals surface area contributed by atoms with Crippen molar-refractivity contribution in [2.75, 3.05) is 19.0 Å². The van der Waals surface area contributed by atoms with E-state index in [1.807, 2.05) is 0 Å². The third kappa shape index (κ3) is 6.23. The Labute approximate surface area is 138 Å². The van der Waals surface area contributed by atoms with Gasteiger partial charge in [-0.1, -0.05) is 13.8 Å². The fourth-order valence-corrected chi connectivity index (χ4v) is 2.40. The molecule has 0 saturated carbocycles. The van der Waals surface area contributed by atoms with Gasteiger partial charge < -0.3 is 20.1 Å². The third-order valence-electron chi connectivity index (χ3n) is 2.83. The molecular weight excluding hydrogens is 322 g/mol. The summed E-state index contributed by atoms with van der Waals surface area (Å²) in [5.74, 6) is -0.932. The maximum atomic E-state index is 12.3. The zero-order valence-corrected chi connectivity index (χ0v) is 14.4. The fourth-order valence-electron chi connectivity index (χ4n) is 1.68. The molecule has 0 saturated heterocycles. The molecule has 128 valence electrons. The van der Waals surface area contributed by atoms with Crippen LogP contribution < -0.4 is 10.6 Å². The molecule has 1 atom stereocenters. The van der Waals surface area contributed by atoms with E-state index in [0.29, 0.717) is 10.8 Å². The molecule has 0 aliphatic rings. The lowest BCUT2D eigenvalue weighted by Gasteiger charge is -2.20. The molecular formula is C14H21N3O5S. The first-order valence-electron chi connectivity index (χ1n) is 7.12. The highest BCUT2D eigenvalue weighted by Gasteiger charge is 2.25. The molecule has 2 amide bonds. The number of esters is 1. The molecule has 0 aliphatic carbocycles. The van der Waals surface area contributed by atoms with Gasteiger partial charge in [-0.3, -0.25) is 9.59 Å². The lowest BCUT2D eigenvalue weighted by molar-refractivity contribution is -0.139. The Hall–Kier alpha value is -2.16. The Balaban J connectivity index is 2.67. The fraction of sp³-hybridized carbons (Fsp3) is 0.571. The molecule has 0 aliphatic heterocycles. The Morgan fingerprint density at radius 2 is 2.04 bits per heavy atom. The predicted molar refractivity (Wildman–Crippen MR) is 85.2 cm³/mol. The van der Waals surface area contributed by atoms with Crippen molar-refractivity contribution < 1.29 is 23.9 Å². The Bertz CT molecular complexity index is 558. The Morgan fingerprint density at radius 3 is 2.61 bits per heavy atom. The molecule has 0 spiro atoms. The van der Waals surface area contributed by atoms with E-state index in [9.17, 15) is 14.4 Å². The van der Waals surface area contributed by atoms with Crippen LogP contribution in [0.3, 0.4) is 0 Å². The molecule has 0 unspecified atom stereocenters. The summed E-state index contributed by atoms with van der Waals surface area (Å²) in [5, 5.41) is 7.16. The second-order valence-corrected chi connectivity index (χ2v) is 5.83. The zero-order valence-electron chi connectivity index (χ0n) is 13.5. The van der Waals surface area contributed by atoms with Gasteiger partial charge in [0.1, 0.15) is 6.04 Å². The molecule has 1 heterocycles. The minimum absolute atomic E-state index is 0.0392. The predicted octanol–water partition coefficient (Wildman–Crippen LogP) is 1.57. The summed E-state index contributed by atoms with van der Waals surface area (Å²) in [4.78, 5) is 39.1. The van der Waals surface area contributed by atoms with Gasteiger partial charge in [-0.05, 0) is 12.8 Å². The van der Waals surface area contributed by atoms with E-state index in [1.165, 1.54) is 18.4 Å². The molecule has 0 aromatic carbocycles. The summed E-state index contributed by atoms with van der Waals surface area (Å²) in [6.07, 6.45) is -0.607. The normalized spacial score (nSPS) is 11.7. The minimum atomic E-state index is -0.748. The summed E-state index contributed by atoms with van der Waals surface area (Å²) in [5.41, 5.74) is 0.511. The zero-order chi connectivity index (χ0) is 17.4. The third-order valence-corrected chi connectivity index (χ3v) is 3.64. The average Bonchev–Trinajstić information content (AvgIpc) is 2.91. The number of aromatic nitrogens is 1. The molecule has 0 radical (unpaired) electrons. The largest absolute Gasteiger partial charge is 0.469 e. The maximum Gasteiger partial charge on any atom is 0.407 e. The van der Waals surface area contributed by atoms with Crippen molar-refractivity contribution in [2.45, 2.75) is 33.2 Å². The molecule has 0 fully saturated rings. The van der Waals surface area contributed by atoms with E-state index in [0.717, 1.165) is 0 Å². The Kier molecular flexibility index (Phi) is 7.46. The van der Waals surface area contributed by atoms with Crippen LogP contribution >= 0.6 is 11.3 Å². The number of rotatable bonds is 7. The second kappa shape index (κ2) is 9.09. The van der Waals surface area contributed by atoms with Crippen molar-refractivity contribution in [1.29, 1.82) is 0 Å². The monoisotopic (exact) mass is 343 g/mol. The van der Waals surface area contributed by atoms with Gasteiger partial charge in [-0.15, -0.1) is 11.3 Å². The average molecular weight is 343 g/mol. The first kappa shape index (κ1) is 18.9. The second-order valence-electron chi connectivity index (χ2n) is 4.97. The van der Waals surface area contributed by atoms with Crippen LogP contribution in [-0.4, -0.2) is 42.7 Å². The van der Waals surface area contributed by atoms with Gasteiger partial charge in [0.2, 0.25) is 5.91 Å². The maximum absolute atomic E-state index is 12.3. The van der Waals surface area contributed by atoms with Gasteiger partial charge in [-0.25, -0.2) is 9.78 Å². The number of carbonyl (C=O) groups excluding carboxylic acids is 3. The van der Waals surface area contributed by atoms with Crippen LogP contribution in [0.2, 0.25) is 0 Å². The van der Waals surface area contributed by atoms with E-state index in [4.69, 9.17) is 4.74 Å². The minimum Gasteiger partial charge on any atom is -0.469 e. The van der Waals surface area contributed by atoms with Crippen molar-refractivity contribution in [2.24, 2.45) is 5.92 Å². The number of nitrogens with one attached hydrogen (secondary N) is 2. The number of hydrogen-bond donors (Lipinski definition) is 2. The number of ether oxygens (including phenoxy) is 2. The number of amides is 2. The number of thiazole rings is 1. The summed E-state index contributed by atoms with van der Waals surface area (Å²) < 4.78 is 9.35. The van der Waals surface area contributed by atoms with E-state index in [-0.39, 0.29) is 18.9 Å². The van der Waals surface area contributed by atoms with Crippen molar-refractivity contribution in [3.8, 4) is 0 Å². The summed E-state index contributed by atoms with van der Waals surface area (Å²) >= 11 is 1.19. The van der Waals surface area contributed by atoms with Crippen molar-refractivity contribution in [3.05, 3.63) is 11.1 Å². The van der Waals surface area contributed by atoms with Crippen LogP contribution in [0.1, 0.15) is 26.5 Å². The topological polar surface area (TPSA) is 107 Å². The van der Waals surface area contributed by atoms with Gasteiger partial charge in [0.05, 0.1) is 25.8 Å². The summed E-state index contributed by atoms with van der Waals surface area (Å²) in [6, 6.07) is -0.748. The summed E-state index contributed by atoms with van der Waals surface area (Å²) in [7, 11) is 1.30. The molecule has 1 aromatic rings. The molecule has 0 bridgehead atoms. The van der Waals surface area contributed by atoms with Gasteiger partial charge >= 0.3 is 12.1 Å². The van der Waals surface area contributed by atoms with Crippen LogP contribution in [0.15, 0.2) is 5.38 Å². The first-order chi connectivity index (χ1) is 10.9. The lowest BCUT2D eigenvalue weighted by atomic mass is 10.0. The van der Waals surface area contributed by atoms with Crippen LogP contribution in [0, 0.1) is 5.92 Å². The molecule has 9 heteroatoms. The summed E-state index contributed by atoms with van der Waals surface area (Å²) in [6.45, 7) is 5.52. The van der Waals surface area contributed by atoms with Crippen molar-refractivity contribution in [1.82, 2.24) is 10.3 Å². The Morgan fingerprint density at radius 1 is 1.35 bits per heavy atom. The molecule has 1 aromatic heterocycles. The molecule has 8 nitrogen and oxygen atoms in total. The van der Waals surface area contributed by atoms with Crippen molar-refractivity contribution in [3.63, 3.8) is 0 Å². The number of methoxy groups -OCH3 is 1. The van der Waals surface area contributed by atoms with Crippen LogP contribution in [-0.2, 0) is 25.5 Å². The van der Waals surface area contributed by atoms with Crippen molar-refractivity contribution >= 4 is 34.4 Å². The highest BCUT2D eigenvalue weighted by Crippen LogP contribution is 2.17. The number of carbonyl (C=O) groups is 3. The number of nitrogens with zero attached hydrogens (tertiary/aromatic N) is 1. The van der Waals surface area contributed by atoms with Gasteiger partial charge in [0.25, 0.3) is 0 Å². The number of alkyl carbamates (subject to hydrolysis) is 1. The molecule has 1 rings (SSSR count). The molecule has 2 N–H and O–H groups in total. The van der Waals surface area contributed by atoms with Gasteiger partial charge in [-0.2, -0.15) is 0 Å². The van der Waals surface area contributed by atoms with Crippen LogP contribution in [0.4, 0.5) is 9.93 Å². The number of anilines is 1. The van der Waals surface area contributed by atoms with Gasteiger partial charge in [0.15, 0.2) is 5.13 Å². The number of hydrogen-bond acceptors (Lipinski definition) is 7. The van der Waals surface area contributed by atoms with Crippen LogP contribution in [0.25, 0.3) is 0 Å². The van der Waals surface area contributed by atoms with E-state index in [1.54, 1.807) is 26.2 Å². The SMILES string of the molecule is CCOC(=O)N[C@@H](C(=O)Nc1nc(CC(=O)OC)cs1)C(C)C.